The summed E-state index contributed by atoms with van der Waals surface area (Å²) >= 11 is 3.67. The number of hydrogen-bond acceptors (Lipinski definition) is 2. The molecule has 1 N–H and O–H groups in total. The molecule has 3 nitrogen and oxygen atoms in total. The maximum absolute atomic E-state index is 4.62. The van der Waals surface area contributed by atoms with Gasteiger partial charge >= 0.3 is 0 Å². The van der Waals surface area contributed by atoms with Crippen LogP contribution in [-0.2, 0) is 6.54 Å². The molecule has 0 aliphatic carbocycles. The molecular formula is C17H24BrN3. The molecule has 4 heteroatoms. The quantitative estimate of drug-likeness (QED) is 0.831. The summed E-state index contributed by atoms with van der Waals surface area (Å²) in [5.74, 6) is 1.12. The molecule has 0 unspecified atom stereocenters. The van der Waals surface area contributed by atoms with Gasteiger partial charge in [0.2, 0.25) is 0 Å². The lowest BCUT2D eigenvalue weighted by molar-refractivity contribution is 0.552. The van der Waals surface area contributed by atoms with Gasteiger partial charge in [0.15, 0.2) is 0 Å². The van der Waals surface area contributed by atoms with Gasteiger partial charge < -0.3 is 5.32 Å². The lowest BCUT2D eigenvalue weighted by atomic mass is 10.1. The van der Waals surface area contributed by atoms with Crippen LogP contribution < -0.4 is 5.32 Å². The van der Waals surface area contributed by atoms with Crippen molar-refractivity contribution in [3.8, 4) is 5.69 Å². The second kappa shape index (κ2) is 7.23. The number of halogens is 1. The lowest BCUT2D eigenvalue weighted by Gasteiger charge is -2.10. The fourth-order valence-electron chi connectivity index (χ4n) is 2.11. The molecule has 0 aliphatic heterocycles. The van der Waals surface area contributed by atoms with Crippen molar-refractivity contribution in [2.75, 3.05) is 6.54 Å². The molecule has 21 heavy (non-hydrogen) atoms. The third kappa shape index (κ3) is 4.42. The summed E-state index contributed by atoms with van der Waals surface area (Å²) in [5.41, 5.74) is 3.48. The van der Waals surface area contributed by atoms with Gasteiger partial charge in [-0.15, -0.1) is 0 Å². The van der Waals surface area contributed by atoms with Gasteiger partial charge in [0.25, 0.3) is 0 Å². The van der Waals surface area contributed by atoms with Crippen molar-refractivity contribution in [3.63, 3.8) is 0 Å². The molecule has 1 aromatic heterocycles. The van der Waals surface area contributed by atoms with Gasteiger partial charge in [0.1, 0.15) is 0 Å². The Kier molecular flexibility index (Phi) is 5.59. The maximum atomic E-state index is 4.62. The van der Waals surface area contributed by atoms with E-state index in [1.165, 1.54) is 5.56 Å². The van der Waals surface area contributed by atoms with Gasteiger partial charge in [0.05, 0.1) is 11.4 Å². The van der Waals surface area contributed by atoms with Gasteiger partial charge in [-0.2, -0.15) is 5.10 Å². The summed E-state index contributed by atoms with van der Waals surface area (Å²) in [6, 6.07) is 8.48. The van der Waals surface area contributed by atoms with E-state index in [-0.39, 0.29) is 0 Å². The Morgan fingerprint density at radius 2 is 1.95 bits per heavy atom. The molecular weight excluding hydrogens is 326 g/mol. The van der Waals surface area contributed by atoms with Gasteiger partial charge in [-0.25, -0.2) is 4.68 Å². The highest BCUT2D eigenvalue weighted by atomic mass is 79.9. The highest BCUT2D eigenvalue weighted by molar-refractivity contribution is 9.10. The van der Waals surface area contributed by atoms with Crippen LogP contribution in [0.5, 0.6) is 0 Å². The normalized spacial score (nSPS) is 11.6. The van der Waals surface area contributed by atoms with Crippen LogP contribution in [0.15, 0.2) is 34.9 Å². The second-order valence-corrected chi connectivity index (χ2v) is 6.99. The predicted molar refractivity (Wildman–Crippen MR) is 91.9 cm³/mol. The van der Waals surface area contributed by atoms with E-state index >= 15 is 0 Å². The molecule has 0 saturated carbocycles. The maximum Gasteiger partial charge on any atom is 0.0657 e. The predicted octanol–water partition coefficient (Wildman–Crippen LogP) is 4.50. The number of hydrogen-bond donors (Lipinski definition) is 1. The van der Waals surface area contributed by atoms with Crippen molar-refractivity contribution in [3.05, 3.63) is 46.2 Å². The third-order valence-corrected chi connectivity index (χ3v) is 4.11. The van der Waals surface area contributed by atoms with Gasteiger partial charge in [-0.3, -0.25) is 0 Å². The molecule has 0 fully saturated rings. The summed E-state index contributed by atoms with van der Waals surface area (Å²) in [6.07, 6.45) is 2.02. The minimum Gasteiger partial charge on any atom is -0.312 e. The molecule has 1 heterocycles. The van der Waals surface area contributed by atoms with Gasteiger partial charge in [-0.05, 0) is 42.1 Å². The van der Waals surface area contributed by atoms with Crippen LogP contribution in [0.3, 0.4) is 0 Å². The number of aromatic nitrogens is 2. The van der Waals surface area contributed by atoms with E-state index in [0.29, 0.717) is 11.8 Å². The molecule has 2 aromatic rings. The fourth-order valence-corrected chi connectivity index (χ4v) is 2.61. The second-order valence-electron chi connectivity index (χ2n) is 6.14. The Hall–Kier alpha value is -1.13. The fraction of sp³-hybridized carbons (Fsp3) is 0.471. The summed E-state index contributed by atoms with van der Waals surface area (Å²) in [6.45, 7) is 10.7. The van der Waals surface area contributed by atoms with Gasteiger partial charge in [0, 0.05) is 17.2 Å². The Balaban J connectivity index is 2.10. The van der Waals surface area contributed by atoms with Crippen LogP contribution >= 0.6 is 15.9 Å². The SMILES string of the molecule is CC(C)CNCc1ccc(-n2ccc(C(C)C)n2)cc1Br. The van der Waals surface area contributed by atoms with Crippen LogP contribution in [0.1, 0.15) is 44.9 Å². The highest BCUT2D eigenvalue weighted by Crippen LogP contribution is 2.21. The van der Waals surface area contributed by atoms with Crippen LogP contribution in [-0.4, -0.2) is 16.3 Å². The standard InChI is InChI=1S/C17H24BrN3/c1-12(2)10-19-11-14-5-6-15(9-16(14)18)21-8-7-17(20-21)13(3)4/h5-9,12-13,19H,10-11H2,1-4H3. The molecule has 0 atom stereocenters. The Morgan fingerprint density at radius 3 is 2.52 bits per heavy atom. The van der Waals surface area contributed by atoms with Crippen LogP contribution in [0, 0.1) is 5.92 Å². The molecule has 0 amide bonds. The average Bonchev–Trinajstić information content (AvgIpc) is 2.90. The molecule has 1 aromatic carbocycles. The first-order chi connectivity index (χ1) is 9.97. The lowest BCUT2D eigenvalue weighted by Crippen LogP contribution is -2.19. The molecule has 114 valence electrons. The smallest absolute Gasteiger partial charge is 0.0657 e. The van der Waals surface area contributed by atoms with E-state index in [0.717, 1.165) is 28.9 Å². The van der Waals surface area contributed by atoms with Crippen molar-refractivity contribution in [1.29, 1.82) is 0 Å². The van der Waals surface area contributed by atoms with Crippen LogP contribution in [0.2, 0.25) is 0 Å². The first-order valence-electron chi connectivity index (χ1n) is 7.52. The zero-order chi connectivity index (χ0) is 15.4. The monoisotopic (exact) mass is 349 g/mol. The van der Waals surface area contributed by atoms with E-state index < -0.39 is 0 Å². The van der Waals surface area contributed by atoms with E-state index in [9.17, 15) is 0 Å². The zero-order valence-corrected chi connectivity index (χ0v) is 14.8. The highest BCUT2D eigenvalue weighted by Gasteiger charge is 2.07. The van der Waals surface area contributed by atoms with Crippen LogP contribution in [0.25, 0.3) is 5.69 Å². The number of nitrogens with one attached hydrogen (secondary N) is 1. The Labute approximate surface area is 135 Å². The van der Waals surface area contributed by atoms with E-state index in [1.54, 1.807) is 0 Å². The molecule has 0 radical (unpaired) electrons. The molecule has 0 spiro atoms. The first kappa shape index (κ1) is 16.2. The minimum absolute atomic E-state index is 0.453. The largest absolute Gasteiger partial charge is 0.312 e. The first-order valence-corrected chi connectivity index (χ1v) is 8.31. The van der Waals surface area contributed by atoms with Crippen LogP contribution in [0.4, 0.5) is 0 Å². The topological polar surface area (TPSA) is 29.9 Å². The Bertz CT molecular complexity index is 587. The number of rotatable bonds is 6. The Morgan fingerprint density at radius 1 is 1.19 bits per heavy atom. The third-order valence-electron chi connectivity index (χ3n) is 3.37. The average molecular weight is 350 g/mol. The summed E-state index contributed by atoms with van der Waals surface area (Å²) in [5, 5.41) is 8.08. The molecule has 0 aliphatic rings. The zero-order valence-electron chi connectivity index (χ0n) is 13.2. The summed E-state index contributed by atoms with van der Waals surface area (Å²) < 4.78 is 3.06. The van der Waals surface area contributed by atoms with Gasteiger partial charge in [-0.1, -0.05) is 49.7 Å². The minimum atomic E-state index is 0.453. The van der Waals surface area contributed by atoms with E-state index in [4.69, 9.17) is 0 Å². The molecule has 0 bridgehead atoms. The van der Waals surface area contributed by atoms with Crippen molar-refractivity contribution >= 4 is 15.9 Å². The van der Waals surface area contributed by atoms with E-state index in [2.05, 4.69) is 78.3 Å². The number of benzene rings is 1. The molecule has 2 rings (SSSR count). The number of nitrogens with zero attached hydrogens (tertiary/aromatic N) is 2. The van der Waals surface area contributed by atoms with Crippen molar-refractivity contribution in [2.45, 2.75) is 40.2 Å². The van der Waals surface area contributed by atoms with Crippen molar-refractivity contribution in [2.24, 2.45) is 5.92 Å². The van der Waals surface area contributed by atoms with Crippen molar-refractivity contribution < 1.29 is 0 Å². The van der Waals surface area contributed by atoms with Crippen molar-refractivity contribution in [1.82, 2.24) is 15.1 Å². The van der Waals surface area contributed by atoms with E-state index in [1.807, 2.05) is 10.9 Å². The summed E-state index contributed by atoms with van der Waals surface area (Å²) in [7, 11) is 0. The summed E-state index contributed by atoms with van der Waals surface area (Å²) in [4.78, 5) is 0. The molecule has 0 saturated heterocycles.